The Morgan fingerprint density at radius 3 is 1.77 bits per heavy atom. The number of aromatic nitrogens is 8. The summed E-state index contributed by atoms with van der Waals surface area (Å²) in [5, 5.41) is 14.2. The highest BCUT2D eigenvalue weighted by atomic mass is 16.5. The normalized spacial score (nSPS) is 16.7. The minimum Gasteiger partial charge on any atom is -0.457 e. The first-order chi connectivity index (χ1) is 34.2. The molecule has 2 amide bonds. The van der Waals surface area contributed by atoms with E-state index in [0.717, 1.165) is 29.7 Å². The Morgan fingerprint density at radius 1 is 0.657 bits per heavy atom. The summed E-state index contributed by atoms with van der Waals surface area (Å²) >= 11 is 0. The van der Waals surface area contributed by atoms with E-state index in [1.807, 2.05) is 119 Å². The van der Waals surface area contributed by atoms with Gasteiger partial charge in [0.25, 0.3) is 0 Å². The molecule has 0 aliphatic carbocycles. The van der Waals surface area contributed by atoms with Gasteiger partial charge in [0.2, 0.25) is 11.8 Å². The molecule has 2 aliphatic heterocycles. The molecule has 70 heavy (non-hydrogen) atoms. The van der Waals surface area contributed by atoms with Crippen molar-refractivity contribution in [2.24, 2.45) is 5.92 Å². The third kappa shape index (κ3) is 9.33. The maximum atomic E-state index is 14.7. The van der Waals surface area contributed by atoms with Crippen molar-refractivity contribution in [1.29, 1.82) is 0 Å². The summed E-state index contributed by atoms with van der Waals surface area (Å²) in [6.07, 6.45) is 8.20. The molecular formula is C53H50N12O5. The number of anilines is 2. The van der Waals surface area contributed by atoms with E-state index in [4.69, 9.17) is 25.4 Å². The Morgan fingerprint density at radius 2 is 1.19 bits per heavy atom. The van der Waals surface area contributed by atoms with E-state index in [9.17, 15) is 14.4 Å². The number of amides is 2. The number of rotatable bonds is 15. The van der Waals surface area contributed by atoms with E-state index < -0.39 is 11.8 Å². The molecular weight excluding hydrogens is 885 g/mol. The summed E-state index contributed by atoms with van der Waals surface area (Å²) in [6.45, 7) is 9.56. The highest BCUT2D eigenvalue weighted by molar-refractivity contribution is 6.08. The molecule has 0 spiro atoms. The summed E-state index contributed by atoms with van der Waals surface area (Å²) in [6, 6.07) is 33.8. The first-order valence-electron chi connectivity index (χ1n) is 23.2. The van der Waals surface area contributed by atoms with Crippen LogP contribution >= 0.6 is 0 Å². The fourth-order valence-electron chi connectivity index (χ4n) is 9.42. The molecule has 3 unspecified atom stereocenters. The number of nitrogens with one attached hydrogen (secondary N) is 1. The number of nitrogens with zero attached hydrogens (tertiary/aromatic N) is 10. The van der Waals surface area contributed by atoms with Crippen LogP contribution in [0.15, 0.2) is 147 Å². The van der Waals surface area contributed by atoms with Crippen molar-refractivity contribution in [3.8, 4) is 45.5 Å². The monoisotopic (exact) mass is 934 g/mol. The maximum Gasteiger partial charge on any atom is 0.248 e. The molecule has 0 saturated carbocycles. The third-order valence-electron chi connectivity index (χ3n) is 12.8. The number of hydrogen-bond acceptors (Lipinski definition) is 13. The average molecular weight is 935 g/mol. The van der Waals surface area contributed by atoms with Crippen LogP contribution in [0, 0.1) is 5.92 Å². The number of allylic oxidation sites excluding steroid dienone is 1. The molecule has 17 heteroatoms. The number of piperidine rings is 2. The number of fused-ring (bicyclic) bond motifs is 2. The number of nitrogen functional groups attached to an aromatic ring is 1. The number of carbonyl (C=O) groups excluding carboxylic acids is 3. The SMILES string of the molecule is C=CC(=O)Nc1ncnc2c1c(-c1ccc(Oc3ccccc3)cc1)nn2C1CCCN(C(=O)C(CN2CCCC(n3nc(-c4ccc(Oc5ccccc5)cc4)c4c(N)ncnc43)C2)C(=O)C=C)C1. The van der Waals surface area contributed by atoms with E-state index in [2.05, 4.69) is 43.3 Å². The summed E-state index contributed by atoms with van der Waals surface area (Å²) < 4.78 is 15.8. The predicted octanol–water partition coefficient (Wildman–Crippen LogP) is 8.46. The lowest BCUT2D eigenvalue weighted by Crippen LogP contribution is -2.50. The molecule has 3 N–H and O–H groups in total. The second kappa shape index (κ2) is 20.0. The smallest absolute Gasteiger partial charge is 0.248 e. The molecule has 3 atom stereocenters. The average Bonchev–Trinajstić information content (AvgIpc) is 4.00. The van der Waals surface area contributed by atoms with Gasteiger partial charge in [-0.25, -0.2) is 29.3 Å². The van der Waals surface area contributed by atoms with Gasteiger partial charge in [0.15, 0.2) is 17.1 Å². The molecule has 0 bridgehead atoms. The lowest BCUT2D eigenvalue weighted by molar-refractivity contribution is -0.142. The largest absolute Gasteiger partial charge is 0.457 e. The Labute approximate surface area is 403 Å². The van der Waals surface area contributed by atoms with Gasteiger partial charge in [-0.3, -0.25) is 19.3 Å². The van der Waals surface area contributed by atoms with Crippen molar-refractivity contribution in [3.05, 3.63) is 147 Å². The fraction of sp³-hybridized carbons (Fsp3) is 0.226. The maximum absolute atomic E-state index is 14.7. The van der Waals surface area contributed by atoms with Gasteiger partial charge in [-0.1, -0.05) is 49.6 Å². The number of nitrogens with two attached hydrogens (primary N) is 1. The summed E-state index contributed by atoms with van der Waals surface area (Å²) in [5.74, 6) is 1.31. The van der Waals surface area contributed by atoms with Crippen molar-refractivity contribution in [2.45, 2.75) is 37.8 Å². The van der Waals surface area contributed by atoms with Crippen molar-refractivity contribution in [2.75, 3.05) is 43.8 Å². The highest BCUT2D eigenvalue weighted by Crippen LogP contribution is 2.38. The highest BCUT2D eigenvalue weighted by Gasteiger charge is 2.37. The van der Waals surface area contributed by atoms with Gasteiger partial charge in [0, 0.05) is 37.3 Å². The van der Waals surface area contributed by atoms with Crippen LogP contribution in [0.4, 0.5) is 11.6 Å². The molecule has 0 radical (unpaired) electrons. The zero-order chi connectivity index (χ0) is 48.1. The number of hydrogen-bond donors (Lipinski definition) is 2. The standard InChI is InChI=1S/C53H50N12O5/c1-3-43(66)42(31-62-27-11-13-36(29-62)64-51-45(49(54)55-32-57-51)47(60-64)34-19-23-40(24-20-34)69-38-15-7-5-8-16-38)53(68)63-28-12-14-37(30-63)65-52-46(50(56-33-58-52)59-44(67)4-2)48(61-65)35-21-25-41(26-22-35)70-39-17-9-6-10-18-39/h3-10,15-26,32-33,36-37,42H,1-2,11-14,27-31H2,(H2,54,55,57)(H,56,58,59,67). The second-order valence-electron chi connectivity index (χ2n) is 17.3. The van der Waals surface area contributed by atoms with Crippen LogP contribution in [-0.4, -0.2) is 99.6 Å². The van der Waals surface area contributed by atoms with Gasteiger partial charge in [-0.2, -0.15) is 10.2 Å². The molecule has 4 aromatic carbocycles. The summed E-state index contributed by atoms with van der Waals surface area (Å²) in [4.78, 5) is 63.1. The van der Waals surface area contributed by atoms with Gasteiger partial charge in [0.1, 0.15) is 64.6 Å². The van der Waals surface area contributed by atoms with Gasteiger partial charge in [-0.05, 0) is 117 Å². The van der Waals surface area contributed by atoms with Crippen LogP contribution in [0.25, 0.3) is 44.6 Å². The van der Waals surface area contributed by atoms with Gasteiger partial charge in [-0.15, -0.1) is 0 Å². The number of likely N-dealkylation sites (tertiary alicyclic amines) is 2. The van der Waals surface area contributed by atoms with Gasteiger partial charge < -0.3 is 25.4 Å². The quantitative estimate of drug-likeness (QED) is 0.0733. The number of carbonyl (C=O) groups is 3. The minimum atomic E-state index is -0.987. The lowest BCUT2D eigenvalue weighted by atomic mass is 9.96. The Bertz CT molecular complexity index is 3210. The van der Waals surface area contributed by atoms with Gasteiger partial charge >= 0.3 is 0 Å². The van der Waals surface area contributed by atoms with Gasteiger partial charge in [0.05, 0.1) is 22.9 Å². The first-order valence-corrected chi connectivity index (χ1v) is 23.2. The lowest BCUT2D eigenvalue weighted by Gasteiger charge is -2.37. The van der Waals surface area contributed by atoms with E-state index in [1.54, 1.807) is 4.90 Å². The van der Waals surface area contributed by atoms with Crippen molar-refractivity contribution >= 4 is 51.3 Å². The molecule has 352 valence electrons. The number of benzene rings is 4. The number of ketones is 1. The fourth-order valence-corrected chi connectivity index (χ4v) is 9.42. The van der Waals surface area contributed by atoms with Crippen molar-refractivity contribution < 1.29 is 23.9 Å². The minimum absolute atomic E-state index is 0.132. The van der Waals surface area contributed by atoms with Crippen LogP contribution < -0.4 is 20.5 Å². The van der Waals surface area contributed by atoms with E-state index in [-0.39, 0.29) is 42.7 Å². The number of para-hydroxylation sites is 2. The van der Waals surface area contributed by atoms with Crippen LogP contribution in [0.5, 0.6) is 23.0 Å². The molecule has 8 aromatic rings. The molecule has 17 nitrogen and oxygen atoms in total. The predicted molar refractivity (Wildman–Crippen MR) is 266 cm³/mol. The molecule has 10 rings (SSSR count). The summed E-state index contributed by atoms with van der Waals surface area (Å²) in [7, 11) is 0. The van der Waals surface area contributed by atoms with E-state index in [0.29, 0.717) is 89.0 Å². The topological polar surface area (TPSA) is 201 Å². The molecule has 6 heterocycles. The molecule has 2 saturated heterocycles. The molecule has 2 aliphatic rings. The first kappa shape index (κ1) is 45.2. The Hall–Kier alpha value is -8.57. The molecule has 4 aromatic heterocycles. The zero-order valence-corrected chi connectivity index (χ0v) is 38.3. The zero-order valence-electron chi connectivity index (χ0n) is 38.3. The summed E-state index contributed by atoms with van der Waals surface area (Å²) in [5.41, 5.74) is 10.4. The Kier molecular flexibility index (Phi) is 12.9. The molecule has 2 fully saturated rings. The second-order valence-corrected chi connectivity index (χ2v) is 17.3. The van der Waals surface area contributed by atoms with Crippen LogP contribution in [0.3, 0.4) is 0 Å². The van der Waals surface area contributed by atoms with Crippen molar-refractivity contribution in [1.82, 2.24) is 49.3 Å². The van der Waals surface area contributed by atoms with Crippen LogP contribution in [0.2, 0.25) is 0 Å². The van der Waals surface area contributed by atoms with Crippen LogP contribution in [0.1, 0.15) is 37.8 Å². The third-order valence-corrected chi connectivity index (χ3v) is 12.8. The van der Waals surface area contributed by atoms with E-state index >= 15 is 0 Å². The van der Waals surface area contributed by atoms with E-state index in [1.165, 1.54) is 24.8 Å². The van der Waals surface area contributed by atoms with Crippen molar-refractivity contribution in [3.63, 3.8) is 0 Å². The van der Waals surface area contributed by atoms with Crippen LogP contribution in [-0.2, 0) is 14.4 Å². The number of ether oxygens (including phenoxy) is 2. The Balaban J connectivity index is 0.885.